The third-order valence-electron chi connectivity index (χ3n) is 5.29. The van der Waals surface area contributed by atoms with Crippen molar-refractivity contribution in [3.05, 3.63) is 0 Å². The number of fused-ring (bicyclic) bond motifs is 3. The molecule has 1 saturated heterocycles. The van der Waals surface area contributed by atoms with Crippen molar-refractivity contribution in [2.75, 3.05) is 13.2 Å². The Kier molecular flexibility index (Phi) is 1.61. The van der Waals surface area contributed by atoms with Crippen molar-refractivity contribution in [2.45, 2.75) is 39.4 Å². The highest BCUT2D eigenvalue weighted by Gasteiger charge is 2.76. The Hall–Kier alpha value is -0.410. The molecule has 3 rings (SSSR count). The van der Waals surface area contributed by atoms with E-state index in [1.807, 2.05) is 0 Å². The Morgan fingerprint density at radius 1 is 1.20 bits per heavy atom. The second-order valence-corrected chi connectivity index (χ2v) is 5.82. The molecular weight excluding hydrogens is 192 g/mol. The third-order valence-corrected chi connectivity index (χ3v) is 5.29. The molecule has 0 N–H and O–H groups in total. The predicted octanol–water partition coefficient (Wildman–Crippen LogP) is 1.75. The van der Waals surface area contributed by atoms with Crippen LogP contribution < -0.4 is 0 Å². The van der Waals surface area contributed by atoms with Crippen LogP contribution in [-0.2, 0) is 14.3 Å². The van der Waals surface area contributed by atoms with E-state index >= 15 is 0 Å². The molecule has 0 amide bonds. The topological polar surface area (TPSA) is 35.5 Å². The number of hydrogen-bond donors (Lipinski definition) is 0. The number of Topliss-reactive ketones (excluding diaryl/α,β-unsaturated/α-hetero) is 1. The standard InChI is InChI=1S/C12H18O3/c1-10(2)8-4-5-11(10,3)12(9(8)13)14-6-7-15-12/h8H,4-7H2,1-3H3/t8-,11+/m0/s1. The summed E-state index contributed by atoms with van der Waals surface area (Å²) >= 11 is 0. The fourth-order valence-electron chi connectivity index (χ4n) is 3.92. The van der Waals surface area contributed by atoms with E-state index in [0.29, 0.717) is 13.2 Å². The average Bonchev–Trinajstić information content (AvgIpc) is 2.74. The Morgan fingerprint density at radius 3 is 2.27 bits per heavy atom. The first-order valence-electron chi connectivity index (χ1n) is 5.78. The molecular formula is C12H18O3. The lowest BCUT2D eigenvalue weighted by molar-refractivity contribution is -0.226. The average molecular weight is 210 g/mol. The molecule has 2 atom stereocenters. The second-order valence-electron chi connectivity index (χ2n) is 5.82. The highest BCUT2D eigenvalue weighted by atomic mass is 16.7. The van der Waals surface area contributed by atoms with E-state index in [9.17, 15) is 4.79 Å². The number of ketones is 1. The Bertz CT molecular complexity index is 328. The van der Waals surface area contributed by atoms with E-state index in [4.69, 9.17) is 9.47 Å². The van der Waals surface area contributed by atoms with Gasteiger partial charge in [-0.25, -0.2) is 0 Å². The molecule has 15 heavy (non-hydrogen) atoms. The fraction of sp³-hybridized carbons (Fsp3) is 0.917. The van der Waals surface area contributed by atoms with Gasteiger partial charge in [0.25, 0.3) is 0 Å². The molecule has 3 aliphatic rings. The zero-order valence-electron chi connectivity index (χ0n) is 9.63. The van der Waals surface area contributed by atoms with Crippen LogP contribution in [0.5, 0.6) is 0 Å². The summed E-state index contributed by atoms with van der Waals surface area (Å²) in [5.41, 5.74) is -0.132. The van der Waals surface area contributed by atoms with Gasteiger partial charge < -0.3 is 9.47 Å². The maximum atomic E-state index is 12.4. The maximum Gasteiger partial charge on any atom is 0.235 e. The lowest BCUT2D eigenvalue weighted by Gasteiger charge is -2.42. The highest BCUT2D eigenvalue weighted by molar-refractivity contribution is 5.94. The van der Waals surface area contributed by atoms with E-state index in [0.717, 1.165) is 12.8 Å². The summed E-state index contributed by atoms with van der Waals surface area (Å²) in [7, 11) is 0. The van der Waals surface area contributed by atoms with Crippen LogP contribution in [-0.4, -0.2) is 24.8 Å². The van der Waals surface area contributed by atoms with Crippen molar-refractivity contribution in [2.24, 2.45) is 16.7 Å². The van der Waals surface area contributed by atoms with Crippen LogP contribution >= 0.6 is 0 Å². The zero-order chi connectivity index (χ0) is 10.9. The summed E-state index contributed by atoms with van der Waals surface area (Å²) in [4.78, 5) is 12.4. The van der Waals surface area contributed by atoms with Gasteiger partial charge in [0.05, 0.1) is 13.2 Å². The SMILES string of the molecule is CC1(C)[C@H]2CC[C@@]1(C)C1(OCCO1)C2=O. The van der Waals surface area contributed by atoms with Gasteiger partial charge >= 0.3 is 0 Å². The van der Waals surface area contributed by atoms with Crippen molar-refractivity contribution in [1.29, 1.82) is 0 Å². The van der Waals surface area contributed by atoms with Gasteiger partial charge in [0.15, 0.2) is 5.78 Å². The molecule has 0 aromatic carbocycles. The molecule has 1 spiro atoms. The van der Waals surface area contributed by atoms with E-state index in [1.165, 1.54) is 0 Å². The summed E-state index contributed by atoms with van der Waals surface area (Å²) in [5.74, 6) is -0.585. The smallest absolute Gasteiger partial charge is 0.235 e. The minimum Gasteiger partial charge on any atom is -0.341 e. The van der Waals surface area contributed by atoms with Gasteiger partial charge in [-0.15, -0.1) is 0 Å². The number of hydrogen-bond acceptors (Lipinski definition) is 3. The second kappa shape index (κ2) is 2.46. The van der Waals surface area contributed by atoms with Crippen molar-refractivity contribution < 1.29 is 14.3 Å². The molecule has 0 radical (unpaired) electrons. The summed E-state index contributed by atoms with van der Waals surface area (Å²) in [6.07, 6.45) is 2.03. The van der Waals surface area contributed by atoms with E-state index in [-0.39, 0.29) is 22.5 Å². The number of ether oxygens (including phenoxy) is 2. The van der Waals surface area contributed by atoms with Crippen molar-refractivity contribution in [1.82, 2.24) is 0 Å². The van der Waals surface area contributed by atoms with Gasteiger partial charge in [-0.05, 0) is 18.3 Å². The Balaban J connectivity index is 2.16. The first-order valence-corrected chi connectivity index (χ1v) is 5.78. The third kappa shape index (κ3) is 0.773. The normalized spacial score (nSPS) is 45.5. The molecule has 3 fully saturated rings. The Labute approximate surface area is 90.1 Å². The van der Waals surface area contributed by atoms with Crippen LogP contribution in [0.25, 0.3) is 0 Å². The van der Waals surface area contributed by atoms with Gasteiger partial charge in [0.1, 0.15) is 0 Å². The van der Waals surface area contributed by atoms with Crippen molar-refractivity contribution >= 4 is 5.78 Å². The minimum atomic E-state index is -0.903. The van der Waals surface area contributed by atoms with Gasteiger partial charge in [0, 0.05) is 11.3 Å². The number of rotatable bonds is 0. The van der Waals surface area contributed by atoms with E-state index in [2.05, 4.69) is 20.8 Å². The molecule has 1 heterocycles. The lowest BCUT2D eigenvalue weighted by Crippen LogP contribution is -2.52. The number of carbonyl (C=O) groups excluding carboxylic acids is 1. The van der Waals surface area contributed by atoms with Crippen LogP contribution in [0.3, 0.4) is 0 Å². The molecule has 0 aromatic rings. The molecule has 1 aliphatic heterocycles. The van der Waals surface area contributed by atoms with Gasteiger partial charge in [0.2, 0.25) is 5.79 Å². The van der Waals surface area contributed by atoms with Crippen molar-refractivity contribution in [3.8, 4) is 0 Å². The van der Waals surface area contributed by atoms with Gasteiger partial charge in [-0.1, -0.05) is 20.8 Å². The molecule has 84 valence electrons. The molecule has 0 aromatic heterocycles. The summed E-state index contributed by atoms with van der Waals surface area (Å²) in [6, 6.07) is 0. The highest BCUT2D eigenvalue weighted by Crippen LogP contribution is 2.69. The molecule has 0 unspecified atom stereocenters. The van der Waals surface area contributed by atoms with Crippen LogP contribution in [0.2, 0.25) is 0 Å². The summed E-state index contributed by atoms with van der Waals surface area (Å²) in [6.45, 7) is 7.64. The van der Waals surface area contributed by atoms with Crippen LogP contribution in [0.1, 0.15) is 33.6 Å². The summed E-state index contributed by atoms with van der Waals surface area (Å²) in [5, 5.41) is 0. The monoisotopic (exact) mass is 210 g/mol. The van der Waals surface area contributed by atoms with Gasteiger partial charge in [-0.3, -0.25) is 4.79 Å². The molecule has 3 heteroatoms. The quantitative estimate of drug-likeness (QED) is 0.611. The van der Waals surface area contributed by atoms with Crippen LogP contribution in [0.4, 0.5) is 0 Å². The molecule has 3 nitrogen and oxygen atoms in total. The molecule has 2 aliphatic carbocycles. The maximum absolute atomic E-state index is 12.4. The zero-order valence-corrected chi connectivity index (χ0v) is 9.63. The van der Waals surface area contributed by atoms with E-state index < -0.39 is 5.79 Å². The lowest BCUT2D eigenvalue weighted by atomic mass is 9.68. The van der Waals surface area contributed by atoms with Crippen molar-refractivity contribution in [3.63, 3.8) is 0 Å². The first kappa shape index (κ1) is 9.79. The van der Waals surface area contributed by atoms with Crippen LogP contribution in [0.15, 0.2) is 0 Å². The Morgan fingerprint density at radius 2 is 1.80 bits per heavy atom. The van der Waals surface area contributed by atoms with E-state index in [1.54, 1.807) is 0 Å². The van der Waals surface area contributed by atoms with Gasteiger partial charge in [-0.2, -0.15) is 0 Å². The predicted molar refractivity (Wildman–Crippen MR) is 54.3 cm³/mol. The number of carbonyl (C=O) groups is 1. The molecule has 2 saturated carbocycles. The summed E-state index contributed by atoms with van der Waals surface area (Å²) < 4.78 is 11.4. The first-order chi connectivity index (χ1) is 6.96. The fourth-order valence-corrected chi connectivity index (χ4v) is 3.92. The molecule has 2 bridgehead atoms. The largest absolute Gasteiger partial charge is 0.341 e. The minimum absolute atomic E-state index is 0.00836. The van der Waals surface area contributed by atoms with Crippen LogP contribution in [0, 0.1) is 16.7 Å².